The third-order valence-electron chi connectivity index (χ3n) is 2.52. The Morgan fingerprint density at radius 1 is 1.40 bits per heavy atom. The molecular formula is C11H14ClFN2. The number of nitrogens with two attached hydrogens (primary N) is 1. The maximum absolute atomic E-state index is 13.0. The zero-order valence-electron chi connectivity index (χ0n) is 8.51. The number of rotatable bonds is 2. The highest BCUT2D eigenvalue weighted by molar-refractivity contribution is 5.85. The molecule has 0 aliphatic heterocycles. The Labute approximate surface area is 94.1 Å². The van der Waals surface area contributed by atoms with E-state index in [0.717, 1.165) is 28.6 Å². The summed E-state index contributed by atoms with van der Waals surface area (Å²) < 4.78 is 13.0. The monoisotopic (exact) mass is 228 g/mol. The van der Waals surface area contributed by atoms with Gasteiger partial charge in [0, 0.05) is 23.0 Å². The van der Waals surface area contributed by atoms with Gasteiger partial charge in [0.15, 0.2) is 0 Å². The third-order valence-corrected chi connectivity index (χ3v) is 2.52. The zero-order valence-corrected chi connectivity index (χ0v) is 9.33. The molecule has 4 heteroatoms. The molecule has 0 saturated heterocycles. The van der Waals surface area contributed by atoms with Gasteiger partial charge in [0.1, 0.15) is 5.82 Å². The Balaban J connectivity index is 0.00000112. The van der Waals surface area contributed by atoms with Crippen LogP contribution in [0.3, 0.4) is 0 Å². The van der Waals surface area contributed by atoms with Gasteiger partial charge in [0.05, 0.1) is 0 Å². The van der Waals surface area contributed by atoms with Crippen LogP contribution in [0.25, 0.3) is 10.9 Å². The van der Waals surface area contributed by atoms with Gasteiger partial charge in [-0.2, -0.15) is 0 Å². The van der Waals surface area contributed by atoms with Gasteiger partial charge in [-0.1, -0.05) is 0 Å². The van der Waals surface area contributed by atoms with Crippen LogP contribution in [-0.2, 0) is 6.42 Å². The number of aromatic amines is 1. The molecule has 1 aromatic heterocycles. The van der Waals surface area contributed by atoms with E-state index in [9.17, 15) is 4.39 Å². The highest BCUT2D eigenvalue weighted by Gasteiger charge is 2.06. The predicted molar refractivity (Wildman–Crippen MR) is 63.0 cm³/mol. The largest absolute Gasteiger partial charge is 0.358 e. The Morgan fingerprint density at radius 2 is 2.13 bits per heavy atom. The molecule has 0 radical (unpaired) electrons. The van der Waals surface area contributed by atoms with Crippen LogP contribution in [0, 0.1) is 12.7 Å². The molecule has 0 fully saturated rings. The Bertz CT molecular complexity index is 465. The second kappa shape index (κ2) is 4.64. The zero-order chi connectivity index (χ0) is 10.1. The van der Waals surface area contributed by atoms with Crippen LogP contribution in [-0.4, -0.2) is 11.5 Å². The highest BCUT2D eigenvalue weighted by Crippen LogP contribution is 2.22. The molecule has 0 atom stereocenters. The Morgan fingerprint density at radius 3 is 2.80 bits per heavy atom. The van der Waals surface area contributed by atoms with Crippen LogP contribution in [0.5, 0.6) is 0 Å². The van der Waals surface area contributed by atoms with Gasteiger partial charge in [0.25, 0.3) is 0 Å². The number of aromatic nitrogens is 1. The van der Waals surface area contributed by atoms with Crippen molar-refractivity contribution in [2.45, 2.75) is 13.3 Å². The third kappa shape index (κ3) is 2.13. The summed E-state index contributed by atoms with van der Waals surface area (Å²) in [5.41, 5.74) is 8.67. The van der Waals surface area contributed by atoms with Gasteiger partial charge in [0.2, 0.25) is 0 Å². The van der Waals surface area contributed by atoms with Crippen LogP contribution in [0.4, 0.5) is 4.39 Å². The molecule has 0 aliphatic carbocycles. The van der Waals surface area contributed by atoms with Crippen molar-refractivity contribution in [2.75, 3.05) is 6.54 Å². The van der Waals surface area contributed by atoms with Crippen molar-refractivity contribution >= 4 is 23.3 Å². The molecule has 15 heavy (non-hydrogen) atoms. The van der Waals surface area contributed by atoms with E-state index in [2.05, 4.69) is 4.98 Å². The molecule has 82 valence electrons. The van der Waals surface area contributed by atoms with Crippen molar-refractivity contribution < 1.29 is 4.39 Å². The number of fused-ring (bicyclic) bond motifs is 1. The summed E-state index contributed by atoms with van der Waals surface area (Å²) >= 11 is 0. The van der Waals surface area contributed by atoms with Gasteiger partial charge < -0.3 is 10.7 Å². The van der Waals surface area contributed by atoms with Crippen molar-refractivity contribution in [3.8, 4) is 0 Å². The molecule has 0 amide bonds. The first-order valence-corrected chi connectivity index (χ1v) is 4.69. The quantitative estimate of drug-likeness (QED) is 0.815. The van der Waals surface area contributed by atoms with E-state index in [1.54, 1.807) is 12.1 Å². The molecule has 2 rings (SSSR count). The van der Waals surface area contributed by atoms with Crippen LogP contribution >= 0.6 is 12.4 Å². The molecule has 1 heterocycles. The van der Waals surface area contributed by atoms with E-state index >= 15 is 0 Å². The van der Waals surface area contributed by atoms with Gasteiger partial charge >= 0.3 is 0 Å². The fourth-order valence-electron chi connectivity index (χ4n) is 1.75. The molecular weight excluding hydrogens is 215 g/mol. The minimum atomic E-state index is -0.195. The molecule has 0 unspecified atom stereocenters. The summed E-state index contributed by atoms with van der Waals surface area (Å²) in [4.78, 5) is 3.25. The van der Waals surface area contributed by atoms with Crippen LogP contribution in [0.2, 0.25) is 0 Å². The lowest BCUT2D eigenvalue weighted by atomic mass is 10.1. The molecule has 1 aromatic carbocycles. The number of nitrogens with one attached hydrogen (secondary N) is 1. The average Bonchev–Trinajstić information content (AvgIpc) is 2.46. The van der Waals surface area contributed by atoms with E-state index in [0.29, 0.717) is 6.54 Å². The predicted octanol–water partition coefficient (Wildman–Crippen LogP) is 2.54. The summed E-state index contributed by atoms with van der Waals surface area (Å²) in [6, 6.07) is 4.78. The topological polar surface area (TPSA) is 41.8 Å². The fourth-order valence-corrected chi connectivity index (χ4v) is 1.75. The minimum absolute atomic E-state index is 0. The summed E-state index contributed by atoms with van der Waals surface area (Å²) in [7, 11) is 0. The second-order valence-corrected chi connectivity index (χ2v) is 3.46. The van der Waals surface area contributed by atoms with E-state index in [4.69, 9.17) is 5.73 Å². The smallest absolute Gasteiger partial charge is 0.123 e. The molecule has 0 bridgehead atoms. The second-order valence-electron chi connectivity index (χ2n) is 3.46. The van der Waals surface area contributed by atoms with Crippen molar-refractivity contribution in [3.63, 3.8) is 0 Å². The molecule has 0 spiro atoms. The molecule has 0 saturated carbocycles. The highest BCUT2D eigenvalue weighted by atomic mass is 35.5. The van der Waals surface area contributed by atoms with E-state index in [1.165, 1.54) is 6.07 Å². The molecule has 0 aliphatic rings. The SMILES string of the molecule is Cc1c(CCN)[nH]c2ccc(F)cc12.Cl. The summed E-state index contributed by atoms with van der Waals surface area (Å²) in [5.74, 6) is -0.195. The first-order chi connectivity index (χ1) is 6.72. The molecule has 3 N–H and O–H groups in total. The van der Waals surface area contributed by atoms with E-state index in [-0.39, 0.29) is 18.2 Å². The maximum Gasteiger partial charge on any atom is 0.123 e. The number of aryl methyl sites for hydroxylation is 1. The van der Waals surface area contributed by atoms with Crippen LogP contribution in [0.1, 0.15) is 11.3 Å². The van der Waals surface area contributed by atoms with Gasteiger partial charge in [-0.05, 0) is 37.2 Å². The summed E-state index contributed by atoms with van der Waals surface area (Å²) in [6.07, 6.45) is 0.808. The lowest BCUT2D eigenvalue weighted by molar-refractivity contribution is 0.629. The van der Waals surface area contributed by atoms with E-state index < -0.39 is 0 Å². The number of hydrogen-bond acceptors (Lipinski definition) is 1. The van der Waals surface area contributed by atoms with Crippen molar-refractivity contribution in [1.29, 1.82) is 0 Å². The first-order valence-electron chi connectivity index (χ1n) is 4.69. The van der Waals surface area contributed by atoms with Crippen molar-refractivity contribution in [3.05, 3.63) is 35.3 Å². The van der Waals surface area contributed by atoms with E-state index in [1.807, 2.05) is 6.92 Å². The van der Waals surface area contributed by atoms with Gasteiger partial charge in [-0.25, -0.2) is 4.39 Å². The fraction of sp³-hybridized carbons (Fsp3) is 0.273. The lowest BCUT2D eigenvalue weighted by Gasteiger charge is -1.95. The standard InChI is InChI=1S/C11H13FN2.ClH/c1-7-9-6-8(12)2-3-11(9)14-10(7)4-5-13;/h2-3,6,14H,4-5,13H2,1H3;1H. The first kappa shape index (κ1) is 12.0. The average molecular weight is 229 g/mol. The van der Waals surface area contributed by atoms with Crippen molar-refractivity contribution in [2.24, 2.45) is 5.73 Å². The van der Waals surface area contributed by atoms with Gasteiger partial charge in [-0.3, -0.25) is 0 Å². The Hall–Kier alpha value is -1.06. The number of hydrogen-bond donors (Lipinski definition) is 2. The number of halogens is 2. The van der Waals surface area contributed by atoms with Crippen molar-refractivity contribution in [1.82, 2.24) is 4.98 Å². The summed E-state index contributed by atoms with van der Waals surface area (Å²) in [5, 5.41) is 0.952. The Kier molecular flexibility index (Phi) is 3.72. The molecule has 2 nitrogen and oxygen atoms in total. The van der Waals surface area contributed by atoms with Gasteiger partial charge in [-0.15, -0.1) is 12.4 Å². The lowest BCUT2D eigenvalue weighted by Crippen LogP contribution is -2.03. The van der Waals surface area contributed by atoms with Crippen LogP contribution < -0.4 is 5.73 Å². The maximum atomic E-state index is 13.0. The van der Waals surface area contributed by atoms with Crippen LogP contribution in [0.15, 0.2) is 18.2 Å². The molecule has 2 aromatic rings. The number of H-pyrrole nitrogens is 1. The number of benzene rings is 1. The minimum Gasteiger partial charge on any atom is -0.358 e. The normalized spacial score (nSPS) is 10.3. The summed E-state index contributed by atoms with van der Waals surface area (Å²) in [6.45, 7) is 2.60.